The van der Waals surface area contributed by atoms with E-state index in [1.807, 2.05) is 6.08 Å². The molecule has 6 heteroatoms. The van der Waals surface area contributed by atoms with Crippen LogP contribution in [-0.4, -0.2) is 47.4 Å². The molecule has 0 saturated carbocycles. The van der Waals surface area contributed by atoms with Gasteiger partial charge in [0, 0.05) is 12.8 Å². The molecule has 0 aliphatic rings. The summed E-state index contributed by atoms with van der Waals surface area (Å²) in [6, 6.07) is -0.633. The number of carbonyl (C=O) groups is 2. The molecule has 0 rings (SSSR count). The van der Waals surface area contributed by atoms with Crippen molar-refractivity contribution in [2.24, 2.45) is 0 Å². The van der Waals surface area contributed by atoms with Gasteiger partial charge in [0.25, 0.3) is 0 Å². The Bertz CT molecular complexity index is 1190. The van der Waals surface area contributed by atoms with Gasteiger partial charge in [0.05, 0.1) is 25.4 Å². The van der Waals surface area contributed by atoms with Crippen LogP contribution in [0.2, 0.25) is 0 Å². The molecule has 0 aromatic heterocycles. The first-order valence-electron chi connectivity index (χ1n) is 34.6. The molecule has 450 valence electrons. The highest BCUT2D eigenvalue weighted by molar-refractivity contribution is 5.76. The maximum atomic E-state index is 12.5. The Morgan fingerprint density at radius 3 is 0.934 bits per heavy atom. The number of carbonyl (C=O) groups excluding carboxylic acids is 2. The molecular weight excluding hydrogens is 935 g/mol. The summed E-state index contributed by atoms with van der Waals surface area (Å²) in [7, 11) is 0. The van der Waals surface area contributed by atoms with Crippen LogP contribution in [0, 0.1) is 0 Å². The fraction of sp³-hybridized carbons (Fsp3) is 0.914. The van der Waals surface area contributed by atoms with Gasteiger partial charge in [-0.1, -0.05) is 340 Å². The van der Waals surface area contributed by atoms with E-state index >= 15 is 0 Å². The topological polar surface area (TPSA) is 95.9 Å². The molecule has 0 saturated heterocycles. The number of aliphatic hydroxyl groups is 2. The number of allylic oxidation sites excluding steroid dienone is 3. The summed E-state index contributed by atoms with van der Waals surface area (Å²) in [5.41, 5.74) is 0. The highest BCUT2D eigenvalue weighted by Crippen LogP contribution is 2.18. The van der Waals surface area contributed by atoms with Gasteiger partial charge in [-0.05, 0) is 57.8 Å². The van der Waals surface area contributed by atoms with Crippen molar-refractivity contribution >= 4 is 11.9 Å². The van der Waals surface area contributed by atoms with Gasteiger partial charge in [0.2, 0.25) is 5.91 Å². The smallest absolute Gasteiger partial charge is 0.305 e. The lowest BCUT2D eigenvalue weighted by atomic mass is 10.0. The van der Waals surface area contributed by atoms with Gasteiger partial charge in [-0.3, -0.25) is 9.59 Å². The first-order chi connectivity index (χ1) is 37.5. The molecule has 6 nitrogen and oxygen atoms in total. The third-order valence-electron chi connectivity index (χ3n) is 16.2. The largest absolute Gasteiger partial charge is 0.466 e. The molecule has 76 heavy (non-hydrogen) atoms. The second-order valence-electron chi connectivity index (χ2n) is 23.9. The van der Waals surface area contributed by atoms with E-state index in [0.717, 1.165) is 44.9 Å². The minimum absolute atomic E-state index is 0.0157. The van der Waals surface area contributed by atoms with Crippen molar-refractivity contribution in [1.29, 1.82) is 0 Å². The predicted molar refractivity (Wildman–Crippen MR) is 333 cm³/mol. The lowest BCUT2D eigenvalue weighted by molar-refractivity contribution is -0.143. The van der Waals surface area contributed by atoms with E-state index in [4.69, 9.17) is 4.74 Å². The molecule has 0 aromatic carbocycles. The van der Waals surface area contributed by atoms with Gasteiger partial charge in [-0.25, -0.2) is 0 Å². The zero-order valence-corrected chi connectivity index (χ0v) is 51.5. The van der Waals surface area contributed by atoms with Gasteiger partial charge >= 0.3 is 5.97 Å². The van der Waals surface area contributed by atoms with Gasteiger partial charge < -0.3 is 20.3 Å². The lowest BCUT2D eigenvalue weighted by Gasteiger charge is -2.20. The van der Waals surface area contributed by atoms with Gasteiger partial charge in [0.1, 0.15) is 0 Å². The summed E-state index contributed by atoms with van der Waals surface area (Å²) in [6.07, 6.45) is 82.4. The Hall–Kier alpha value is -1.66. The van der Waals surface area contributed by atoms with E-state index in [1.165, 1.54) is 315 Å². The molecule has 1 amide bonds. The van der Waals surface area contributed by atoms with Crippen LogP contribution in [0.15, 0.2) is 24.3 Å². The zero-order valence-electron chi connectivity index (χ0n) is 51.5. The minimum Gasteiger partial charge on any atom is -0.466 e. The Labute approximate surface area is 475 Å². The van der Waals surface area contributed by atoms with Crippen molar-refractivity contribution in [3.05, 3.63) is 24.3 Å². The van der Waals surface area contributed by atoms with E-state index in [9.17, 15) is 19.8 Å². The fourth-order valence-electron chi connectivity index (χ4n) is 10.9. The Kier molecular flexibility index (Phi) is 64.4. The first kappa shape index (κ1) is 74.3. The summed E-state index contributed by atoms with van der Waals surface area (Å²) in [5.74, 6) is -0.0552. The van der Waals surface area contributed by atoms with Crippen molar-refractivity contribution in [2.45, 2.75) is 398 Å². The van der Waals surface area contributed by atoms with Crippen LogP contribution in [0.25, 0.3) is 0 Å². The number of rotatable bonds is 65. The number of unbranched alkanes of at least 4 members (excludes halogenated alkanes) is 52. The summed E-state index contributed by atoms with van der Waals surface area (Å²) in [4.78, 5) is 24.6. The number of amides is 1. The molecule has 0 aromatic rings. The van der Waals surface area contributed by atoms with E-state index in [1.54, 1.807) is 6.08 Å². The summed E-state index contributed by atoms with van der Waals surface area (Å²) in [5, 5.41) is 23.2. The van der Waals surface area contributed by atoms with Gasteiger partial charge in [-0.2, -0.15) is 0 Å². The molecule has 0 radical (unpaired) electrons. The molecule has 0 aliphatic carbocycles. The third kappa shape index (κ3) is 61.6. The molecule has 0 heterocycles. The number of hydrogen-bond donors (Lipinski definition) is 3. The van der Waals surface area contributed by atoms with Crippen molar-refractivity contribution in [2.75, 3.05) is 13.2 Å². The average Bonchev–Trinajstić information content (AvgIpc) is 3.42. The Morgan fingerprint density at radius 1 is 0.355 bits per heavy atom. The molecular formula is C70H135NO5. The summed E-state index contributed by atoms with van der Waals surface area (Å²) in [6.45, 7) is 4.94. The maximum absolute atomic E-state index is 12.5. The van der Waals surface area contributed by atoms with Crippen LogP contribution in [0.3, 0.4) is 0 Å². The van der Waals surface area contributed by atoms with Crippen LogP contribution in [0.4, 0.5) is 0 Å². The van der Waals surface area contributed by atoms with Gasteiger partial charge in [0.15, 0.2) is 0 Å². The molecule has 0 aliphatic heterocycles. The quantitative estimate of drug-likeness (QED) is 0.0320. The lowest BCUT2D eigenvalue weighted by Crippen LogP contribution is -2.45. The second-order valence-corrected chi connectivity index (χ2v) is 23.9. The fourth-order valence-corrected chi connectivity index (χ4v) is 10.9. The SMILES string of the molecule is CCCCCCCCCCCCCCCCCCC/C=C/C(O)C(CO)NC(=O)CCCCCCCCC/C=C\CCCCCCCCCCCCCCOC(=O)CCCCCCCCCCCCCCCCCCC. The van der Waals surface area contributed by atoms with Crippen LogP contribution in [0.5, 0.6) is 0 Å². The maximum Gasteiger partial charge on any atom is 0.305 e. The van der Waals surface area contributed by atoms with Crippen molar-refractivity contribution < 1.29 is 24.5 Å². The second kappa shape index (κ2) is 65.9. The normalized spacial score (nSPS) is 12.6. The molecule has 0 fully saturated rings. The minimum atomic E-state index is -0.849. The molecule has 0 spiro atoms. The van der Waals surface area contributed by atoms with Crippen molar-refractivity contribution in [3.8, 4) is 0 Å². The Balaban J connectivity index is 3.42. The standard InChI is InChI=1S/C70H135NO5/c1-3-5-7-9-11-13-15-17-19-21-27-31-34-38-42-46-50-54-58-62-68(73)67(66-72)71-69(74)63-59-55-51-47-43-39-35-32-28-25-23-22-24-26-29-33-37-41-45-49-53-57-61-65-76-70(75)64-60-56-52-48-44-40-36-30-20-18-16-14-12-10-8-6-4-2/h25,28,58,62,67-68,72-73H,3-24,26-27,29-57,59-61,63-66H2,1-2H3,(H,71,74)/b28-25-,62-58+. The number of hydrogen-bond acceptors (Lipinski definition) is 5. The predicted octanol–water partition coefficient (Wildman–Crippen LogP) is 22.1. The highest BCUT2D eigenvalue weighted by atomic mass is 16.5. The van der Waals surface area contributed by atoms with Crippen LogP contribution < -0.4 is 5.32 Å². The average molecular weight is 1070 g/mol. The van der Waals surface area contributed by atoms with Crippen LogP contribution in [-0.2, 0) is 14.3 Å². The van der Waals surface area contributed by atoms with Crippen molar-refractivity contribution in [1.82, 2.24) is 5.32 Å². The van der Waals surface area contributed by atoms with Gasteiger partial charge in [-0.15, -0.1) is 0 Å². The van der Waals surface area contributed by atoms with Crippen LogP contribution >= 0.6 is 0 Å². The molecule has 2 unspecified atom stereocenters. The number of aliphatic hydroxyl groups excluding tert-OH is 2. The van der Waals surface area contributed by atoms with E-state index in [2.05, 4.69) is 31.3 Å². The molecule has 2 atom stereocenters. The number of esters is 1. The van der Waals surface area contributed by atoms with E-state index in [-0.39, 0.29) is 18.5 Å². The monoisotopic (exact) mass is 1070 g/mol. The van der Waals surface area contributed by atoms with E-state index < -0.39 is 12.1 Å². The summed E-state index contributed by atoms with van der Waals surface area (Å²) < 4.78 is 5.50. The third-order valence-corrected chi connectivity index (χ3v) is 16.2. The molecule has 0 bridgehead atoms. The molecule has 3 N–H and O–H groups in total. The zero-order chi connectivity index (χ0) is 55.0. The first-order valence-corrected chi connectivity index (χ1v) is 34.6. The van der Waals surface area contributed by atoms with Crippen molar-refractivity contribution in [3.63, 3.8) is 0 Å². The number of ether oxygens (including phenoxy) is 1. The highest BCUT2D eigenvalue weighted by Gasteiger charge is 2.18. The van der Waals surface area contributed by atoms with E-state index in [0.29, 0.717) is 19.4 Å². The number of nitrogens with one attached hydrogen (secondary N) is 1. The summed E-state index contributed by atoms with van der Waals surface area (Å²) >= 11 is 0. The Morgan fingerprint density at radius 2 is 0.618 bits per heavy atom. The van der Waals surface area contributed by atoms with Crippen LogP contribution in [0.1, 0.15) is 386 Å².